The summed E-state index contributed by atoms with van der Waals surface area (Å²) in [7, 11) is 3.20. The SMILES string of the molecule is COc1cc2c(cc1OC)C(CC(=O)C1=COCCO1)=NCC2. The maximum Gasteiger partial charge on any atom is 0.206 e. The van der Waals surface area contributed by atoms with Gasteiger partial charge in [0, 0.05) is 12.1 Å². The summed E-state index contributed by atoms with van der Waals surface area (Å²) in [4.78, 5) is 16.9. The van der Waals surface area contributed by atoms with Crippen LogP contribution in [0.25, 0.3) is 0 Å². The summed E-state index contributed by atoms with van der Waals surface area (Å²) in [5.74, 6) is 1.44. The van der Waals surface area contributed by atoms with Crippen molar-refractivity contribution in [1.82, 2.24) is 0 Å². The Hall–Kier alpha value is -2.50. The molecule has 0 unspecified atom stereocenters. The highest BCUT2D eigenvalue weighted by molar-refractivity contribution is 6.16. The zero-order chi connectivity index (χ0) is 16.2. The van der Waals surface area contributed by atoms with Gasteiger partial charge < -0.3 is 18.9 Å². The normalized spacial score (nSPS) is 16.3. The van der Waals surface area contributed by atoms with E-state index < -0.39 is 0 Å². The van der Waals surface area contributed by atoms with Gasteiger partial charge in [-0.3, -0.25) is 9.79 Å². The third-order valence-electron chi connectivity index (χ3n) is 3.86. The molecule has 0 bridgehead atoms. The molecule has 0 spiro atoms. The smallest absolute Gasteiger partial charge is 0.206 e. The van der Waals surface area contributed by atoms with Gasteiger partial charge in [-0.1, -0.05) is 0 Å². The lowest BCUT2D eigenvalue weighted by molar-refractivity contribution is -0.119. The van der Waals surface area contributed by atoms with Crippen LogP contribution in [-0.4, -0.2) is 45.5 Å². The second-order valence-corrected chi connectivity index (χ2v) is 5.24. The Morgan fingerprint density at radius 2 is 2.00 bits per heavy atom. The average Bonchev–Trinajstić information content (AvgIpc) is 2.61. The molecule has 0 fully saturated rings. The predicted molar refractivity (Wildman–Crippen MR) is 84.3 cm³/mol. The van der Waals surface area contributed by atoms with Crippen molar-refractivity contribution in [2.75, 3.05) is 34.0 Å². The van der Waals surface area contributed by atoms with Crippen LogP contribution >= 0.6 is 0 Å². The molecule has 0 saturated carbocycles. The Morgan fingerprint density at radius 3 is 2.70 bits per heavy atom. The summed E-state index contributed by atoms with van der Waals surface area (Å²) in [5.41, 5.74) is 2.78. The molecule has 0 atom stereocenters. The fourth-order valence-corrected chi connectivity index (χ4v) is 2.70. The molecule has 0 N–H and O–H groups in total. The minimum Gasteiger partial charge on any atom is -0.494 e. The number of Topliss-reactive ketones (excluding diaryl/α,β-unsaturated/α-hetero) is 1. The summed E-state index contributed by atoms with van der Waals surface area (Å²) < 4.78 is 21.2. The van der Waals surface area contributed by atoms with E-state index in [1.54, 1.807) is 14.2 Å². The quantitative estimate of drug-likeness (QED) is 0.830. The highest BCUT2D eigenvalue weighted by Crippen LogP contribution is 2.33. The second-order valence-electron chi connectivity index (χ2n) is 5.24. The van der Waals surface area contributed by atoms with Crippen molar-refractivity contribution in [3.05, 3.63) is 35.3 Å². The minimum absolute atomic E-state index is 0.133. The number of carbonyl (C=O) groups is 1. The van der Waals surface area contributed by atoms with Gasteiger partial charge in [0.15, 0.2) is 17.3 Å². The standard InChI is InChI=1S/C17H19NO5/c1-20-15-7-11-3-4-18-13(12(11)8-16(15)21-2)9-14(19)17-10-22-5-6-23-17/h7-8,10H,3-6,9H2,1-2H3. The van der Waals surface area contributed by atoms with Crippen LogP contribution < -0.4 is 9.47 Å². The number of aliphatic imine (C=N–C) groups is 1. The number of carbonyl (C=O) groups excluding carboxylic acids is 1. The minimum atomic E-state index is -0.133. The van der Waals surface area contributed by atoms with Crippen molar-refractivity contribution >= 4 is 11.5 Å². The van der Waals surface area contributed by atoms with Crippen LogP contribution in [0.4, 0.5) is 0 Å². The number of nitrogens with zero attached hydrogens (tertiary/aromatic N) is 1. The van der Waals surface area contributed by atoms with E-state index >= 15 is 0 Å². The van der Waals surface area contributed by atoms with Gasteiger partial charge in [-0.15, -0.1) is 0 Å². The van der Waals surface area contributed by atoms with Gasteiger partial charge in [-0.05, 0) is 24.1 Å². The number of hydrogen-bond acceptors (Lipinski definition) is 6. The highest BCUT2D eigenvalue weighted by atomic mass is 16.6. The van der Waals surface area contributed by atoms with Crippen LogP contribution in [-0.2, 0) is 20.7 Å². The Kier molecular flexibility index (Phi) is 4.50. The number of allylic oxidation sites excluding steroid dienone is 1. The van der Waals surface area contributed by atoms with Crippen molar-refractivity contribution in [2.45, 2.75) is 12.8 Å². The molecule has 1 aromatic rings. The van der Waals surface area contributed by atoms with E-state index in [9.17, 15) is 4.79 Å². The number of rotatable bonds is 5. The number of fused-ring (bicyclic) bond motifs is 1. The van der Waals surface area contributed by atoms with Gasteiger partial charge >= 0.3 is 0 Å². The first-order valence-electron chi connectivity index (χ1n) is 7.49. The molecule has 0 radical (unpaired) electrons. The molecule has 0 amide bonds. The maximum atomic E-state index is 12.3. The summed E-state index contributed by atoms with van der Waals surface area (Å²) in [6.45, 7) is 1.52. The second kappa shape index (κ2) is 6.73. The van der Waals surface area contributed by atoms with Gasteiger partial charge in [0.25, 0.3) is 0 Å². The Bertz CT molecular complexity index is 678. The Labute approximate surface area is 134 Å². The zero-order valence-electron chi connectivity index (χ0n) is 13.3. The molecule has 0 aromatic heterocycles. The predicted octanol–water partition coefficient (Wildman–Crippen LogP) is 1.90. The Balaban J connectivity index is 1.86. The first-order chi connectivity index (χ1) is 11.2. The van der Waals surface area contributed by atoms with Crippen molar-refractivity contribution in [3.63, 3.8) is 0 Å². The molecule has 23 heavy (non-hydrogen) atoms. The van der Waals surface area contributed by atoms with Crippen molar-refractivity contribution in [3.8, 4) is 11.5 Å². The van der Waals surface area contributed by atoms with E-state index in [1.165, 1.54) is 6.26 Å². The lowest BCUT2D eigenvalue weighted by Crippen LogP contribution is -2.21. The molecule has 2 heterocycles. The van der Waals surface area contributed by atoms with E-state index in [0.717, 1.165) is 23.3 Å². The first-order valence-corrected chi connectivity index (χ1v) is 7.49. The van der Waals surface area contributed by atoms with E-state index in [0.29, 0.717) is 31.3 Å². The van der Waals surface area contributed by atoms with Crippen LogP contribution in [0.2, 0.25) is 0 Å². The lowest BCUT2D eigenvalue weighted by Gasteiger charge is -2.20. The van der Waals surface area contributed by atoms with Crippen LogP contribution in [0.5, 0.6) is 11.5 Å². The molecule has 2 aliphatic rings. The molecule has 122 valence electrons. The van der Waals surface area contributed by atoms with Gasteiger partial charge in [0.2, 0.25) is 5.78 Å². The number of benzene rings is 1. The van der Waals surface area contributed by atoms with Crippen molar-refractivity contribution < 1.29 is 23.7 Å². The van der Waals surface area contributed by atoms with Gasteiger partial charge in [-0.2, -0.15) is 0 Å². The lowest BCUT2D eigenvalue weighted by atomic mass is 9.94. The summed E-state index contributed by atoms with van der Waals surface area (Å²) in [5, 5.41) is 0. The third kappa shape index (κ3) is 3.16. The van der Waals surface area contributed by atoms with E-state index in [4.69, 9.17) is 18.9 Å². The largest absolute Gasteiger partial charge is 0.494 e. The molecule has 2 aliphatic heterocycles. The molecule has 0 saturated heterocycles. The zero-order valence-corrected chi connectivity index (χ0v) is 13.3. The summed E-state index contributed by atoms with van der Waals surface area (Å²) in [6, 6.07) is 3.83. The highest BCUT2D eigenvalue weighted by Gasteiger charge is 2.23. The average molecular weight is 317 g/mol. The van der Waals surface area contributed by atoms with Crippen LogP contribution in [0.3, 0.4) is 0 Å². The van der Waals surface area contributed by atoms with Crippen LogP contribution in [0.1, 0.15) is 17.5 Å². The fourth-order valence-electron chi connectivity index (χ4n) is 2.70. The number of ketones is 1. The topological polar surface area (TPSA) is 66.4 Å². The Morgan fingerprint density at radius 1 is 1.22 bits per heavy atom. The van der Waals surface area contributed by atoms with Crippen molar-refractivity contribution in [1.29, 1.82) is 0 Å². The van der Waals surface area contributed by atoms with Gasteiger partial charge in [0.05, 0.1) is 26.4 Å². The maximum absolute atomic E-state index is 12.3. The number of methoxy groups -OCH3 is 2. The van der Waals surface area contributed by atoms with Gasteiger partial charge in [0.1, 0.15) is 19.5 Å². The molecule has 6 heteroatoms. The van der Waals surface area contributed by atoms with Crippen LogP contribution in [0, 0.1) is 0 Å². The molecular formula is C17H19NO5. The van der Waals surface area contributed by atoms with E-state index in [-0.39, 0.29) is 18.0 Å². The third-order valence-corrected chi connectivity index (χ3v) is 3.86. The monoisotopic (exact) mass is 317 g/mol. The molecule has 6 nitrogen and oxygen atoms in total. The molecule has 3 rings (SSSR count). The molecule has 1 aromatic carbocycles. The molecule has 0 aliphatic carbocycles. The summed E-state index contributed by atoms with van der Waals surface area (Å²) in [6.07, 6.45) is 2.37. The fraction of sp³-hybridized carbons (Fsp3) is 0.412. The molecular weight excluding hydrogens is 298 g/mol. The number of hydrogen-bond donors (Lipinski definition) is 0. The van der Waals surface area contributed by atoms with Gasteiger partial charge in [-0.25, -0.2) is 0 Å². The van der Waals surface area contributed by atoms with E-state index in [2.05, 4.69) is 4.99 Å². The van der Waals surface area contributed by atoms with Crippen LogP contribution in [0.15, 0.2) is 29.1 Å². The van der Waals surface area contributed by atoms with E-state index in [1.807, 2.05) is 12.1 Å². The summed E-state index contributed by atoms with van der Waals surface area (Å²) >= 11 is 0. The number of ether oxygens (including phenoxy) is 4. The first kappa shape index (κ1) is 15.4. The van der Waals surface area contributed by atoms with Crippen molar-refractivity contribution in [2.24, 2.45) is 4.99 Å².